The predicted molar refractivity (Wildman–Crippen MR) is 93.6 cm³/mol. The molecule has 24 heavy (non-hydrogen) atoms. The SMILES string of the molecule is C[C@H]1C[C@H](C)CN(C(=O)COC(=O)/C=C/c2cc(Br)ccc2F)C1. The highest BCUT2D eigenvalue weighted by Gasteiger charge is 2.25. The Balaban J connectivity index is 1.85. The molecule has 1 aromatic carbocycles. The molecule has 1 aromatic rings. The maximum Gasteiger partial charge on any atom is 0.331 e. The molecule has 2 rings (SSSR count). The number of carbonyl (C=O) groups is 2. The fourth-order valence-corrected chi connectivity index (χ4v) is 3.32. The summed E-state index contributed by atoms with van der Waals surface area (Å²) in [5.41, 5.74) is 0.270. The number of likely N-dealkylation sites (tertiary alicyclic amines) is 1. The minimum Gasteiger partial charge on any atom is -0.452 e. The first kappa shape index (κ1) is 18.6. The van der Waals surface area contributed by atoms with Gasteiger partial charge < -0.3 is 9.64 Å². The predicted octanol–water partition coefficient (Wildman–Crippen LogP) is 3.65. The van der Waals surface area contributed by atoms with E-state index in [0.29, 0.717) is 29.4 Å². The minimum absolute atomic E-state index is 0.191. The first-order valence-corrected chi connectivity index (χ1v) is 8.72. The van der Waals surface area contributed by atoms with Gasteiger partial charge in [0.1, 0.15) is 5.82 Å². The van der Waals surface area contributed by atoms with Gasteiger partial charge >= 0.3 is 5.97 Å². The molecule has 4 nitrogen and oxygen atoms in total. The molecule has 6 heteroatoms. The van der Waals surface area contributed by atoms with E-state index in [-0.39, 0.29) is 18.1 Å². The number of ether oxygens (including phenoxy) is 1. The van der Waals surface area contributed by atoms with Gasteiger partial charge in [-0.2, -0.15) is 0 Å². The Hall–Kier alpha value is -1.69. The highest BCUT2D eigenvalue weighted by Crippen LogP contribution is 2.21. The maximum atomic E-state index is 13.6. The largest absolute Gasteiger partial charge is 0.452 e. The van der Waals surface area contributed by atoms with Gasteiger partial charge in [0, 0.05) is 29.2 Å². The third kappa shape index (κ3) is 5.44. The zero-order valence-electron chi connectivity index (χ0n) is 13.8. The van der Waals surface area contributed by atoms with Crippen molar-refractivity contribution in [2.45, 2.75) is 20.3 Å². The highest BCUT2D eigenvalue weighted by atomic mass is 79.9. The summed E-state index contributed by atoms with van der Waals surface area (Å²) in [6.07, 6.45) is 3.56. The normalized spacial score (nSPS) is 21.1. The molecule has 1 aliphatic rings. The monoisotopic (exact) mass is 397 g/mol. The van der Waals surface area contributed by atoms with Gasteiger partial charge in [-0.1, -0.05) is 29.8 Å². The van der Waals surface area contributed by atoms with E-state index < -0.39 is 11.8 Å². The third-order valence-electron chi connectivity index (χ3n) is 3.92. The molecule has 0 spiro atoms. The molecule has 0 aliphatic carbocycles. The topological polar surface area (TPSA) is 46.6 Å². The molecule has 1 fully saturated rings. The quantitative estimate of drug-likeness (QED) is 0.575. The minimum atomic E-state index is -0.666. The number of halogens is 2. The lowest BCUT2D eigenvalue weighted by Gasteiger charge is -2.34. The van der Waals surface area contributed by atoms with Crippen LogP contribution in [0.25, 0.3) is 6.08 Å². The van der Waals surface area contributed by atoms with Crippen LogP contribution in [0.15, 0.2) is 28.7 Å². The number of hydrogen-bond acceptors (Lipinski definition) is 3. The summed E-state index contributed by atoms with van der Waals surface area (Å²) in [6, 6.07) is 4.43. The molecule has 1 heterocycles. The number of nitrogens with zero attached hydrogens (tertiary/aromatic N) is 1. The van der Waals surface area contributed by atoms with Crippen molar-refractivity contribution < 1.29 is 18.7 Å². The number of amides is 1. The highest BCUT2D eigenvalue weighted by molar-refractivity contribution is 9.10. The zero-order chi connectivity index (χ0) is 17.7. The molecule has 1 aliphatic heterocycles. The summed E-state index contributed by atoms with van der Waals surface area (Å²) < 4.78 is 19.2. The Morgan fingerprint density at radius 1 is 1.33 bits per heavy atom. The lowest BCUT2D eigenvalue weighted by molar-refractivity contribution is -0.149. The Kier molecular flexibility index (Phi) is 6.54. The molecule has 0 unspecified atom stereocenters. The third-order valence-corrected chi connectivity index (χ3v) is 4.41. The van der Waals surface area contributed by atoms with E-state index >= 15 is 0 Å². The van der Waals surface area contributed by atoms with Crippen LogP contribution in [0.2, 0.25) is 0 Å². The van der Waals surface area contributed by atoms with Crippen molar-refractivity contribution in [1.82, 2.24) is 4.90 Å². The van der Waals surface area contributed by atoms with E-state index in [1.807, 2.05) is 0 Å². The number of esters is 1. The molecule has 2 atom stereocenters. The van der Waals surface area contributed by atoms with E-state index in [1.54, 1.807) is 17.0 Å². The standard InChI is InChI=1S/C18H21BrFNO3/c1-12-7-13(2)10-21(9-12)17(22)11-24-18(23)6-3-14-8-15(19)4-5-16(14)20/h3-6,8,12-13H,7,9-11H2,1-2H3/b6-3+/t12-,13-/m0/s1. The van der Waals surface area contributed by atoms with Crippen molar-refractivity contribution in [3.8, 4) is 0 Å². The lowest BCUT2D eigenvalue weighted by Crippen LogP contribution is -2.44. The molecule has 130 valence electrons. The van der Waals surface area contributed by atoms with Crippen LogP contribution in [0.3, 0.4) is 0 Å². The van der Waals surface area contributed by atoms with Crippen LogP contribution in [0, 0.1) is 17.7 Å². The van der Waals surface area contributed by atoms with Crippen molar-refractivity contribution in [3.63, 3.8) is 0 Å². The van der Waals surface area contributed by atoms with Crippen LogP contribution in [0.5, 0.6) is 0 Å². The van der Waals surface area contributed by atoms with E-state index in [9.17, 15) is 14.0 Å². The van der Waals surface area contributed by atoms with Crippen molar-refractivity contribution >= 4 is 33.9 Å². The molecule has 0 aromatic heterocycles. The van der Waals surface area contributed by atoms with Gasteiger partial charge in [0.2, 0.25) is 0 Å². The van der Waals surface area contributed by atoms with Crippen molar-refractivity contribution in [2.75, 3.05) is 19.7 Å². The van der Waals surface area contributed by atoms with Crippen molar-refractivity contribution in [2.24, 2.45) is 11.8 Å². The summed E-state index contributed by atoms with van der Waals surface area (Å²) in [6.45, 7) is 5.32. The number of piperidine rings is 1. The molecular weight excluding hydrogens is 377 g/mol. The summed E-state index contributed by atoms with van der Waals surface area (Å²) in [5, 5.41) is 0. The van der Waals surface area contributed by atoms with Gasteiger partial charge in [-0.25, -0.2) is 9.18 Å². The number of carbonyl (C=O) groups excluding carboxylic acids is 2. The average Bonchev–Trinajstić information content (AvgIpc) is 2.52. The second-order valence-electron chi connectivity index (χ2n) is 6.35. The number of benzene rings is 1. The molecular formula is C18H21BrFNO3. The second-order valence-corrected chi connectivity index (χ2v) is 7.27. The second kappa shape index (κ2) is 8.42. The fraction of sp³-hybridized carbons (Fsp3) is 0.444. The van der Waals surface area contributed by atoms with Crippen molar-refractivity contribution in [1.29, 1.82) is 0 Å². The van der Waals surface area contributed by atoms with E-state index in [0.717, 1.165) is 12.5 Å². The van der Waals surface area contributed by atoms with Crippen LogP contribution < -0.4 is 0 Å². The summed E-state index contributed by atoms with van der Waals surface area (Å²) >= 11 is 3.24. The van der Waals surface area contributed by atoms with Gasteiger partial charge in [-0.05, 0) is 42.5 Å². The first-order valence-electron chi connectivity index (χ1n) is 7.93. The average molecular weight is 398 g/mol. The van der Waals surface area contributed by atoms with Gasteiger partial charge in [-0.3, -0.25) is 4.79 Å². The molecule has 0 radical (unpaired) electrons. The van der Waals surface area contributed by atoms with E-state index in [1.165, 1.54) is 12.1 Å². The number of hydrogen-bond donors (Lipinski definition) is 0. The first-order chi connectivity index (χ1) is 11.3. The van der Waals surface area contributed by atoms with Gasteiger partial charge in [0.15, 0.2) is 6.61 Å². The fourth-order valence-electron chi connectivity index (χ4n) is 2.94. The van der Waals surface area contributed by atoms with Gasteiger partial charge in [-0.15, -0.1) is 0 Å². The zero-order valence-corrected chi connectivity index (χ0v) is 15.4. The maximum absolute atomic E-state index is 13.6. The Morgan fingerprint density at radius 2 is 2.00 bits per heavy atom. The number of rotatable bonds is 4. The lowest BCUT2D eigenvalue weighted by atomic mass is 9.92. The summed E-state index contributed by atoms with van der Waals surface area (Å²) in [7, 11) is 0. The van der Waals surface area contributed by atoms with Gasteiger partial charge in [0.25, 0.3) is 5.91 Å². The summed E-state index contributed by atoms with van der Waals surface area (Å²) in [4.78, 5) is 25.6. The van der Waals surface area contributed by atoms with Crippen LogP contribution in [0.4, 0.5) is 4.39 Å². The molecule has 0 saturated carbocycles. The van der Waals surface area contributed by atoms with E-state index in [4.69, 9.17) is 4.74 Å². The molecule has 1 saturated heterocycles. The van der Waals surface area contributed by atoms with Crippen LogP contribution in [-0.2, 0) is 14.3 Å². The molecule has 0 N–H and O–H groups in total. The Morgan fingerprint density at radius 3 is 2.67 bits per heavy atom. The van der Waals surface area contributed by atoms with Crippen LogP contribution in [-0.4, -0.2) is 36.5 Å². The van der Waals surface area contributed by atoms with E-state index in [2.05, 4.69) is 29.8 Å². The van der Waals surface area contributed by atoms with Crippen molar-refractivity contribution in [3.05, 3.63) is 40.1 Å². The molecule has 1 amide bonds. The van der Waals surface area contributed by atoms with Gasteiger partial charge in [0.05, 0.1) is 0 Å². The Labute approximate surface area is 149 Å². The summed E-state index contributed by atoms with van der Waals surface area (Å²) in [5.74, 6) is -0.389. The Bertz CT molecular complexity index is 637. The molecule has 0 bridgehead atoms. The van der Waals surface area contributed by atoms with Crippen LogP contribution in [0.1, 0.15) is 25.8 Å². The smallest absolute Gasteiger partial charge is 0.331 e. The van der Waals surface area contributed by atoms with Crippen LogP contribution >= 0.6 is 15.9 Å².